The van der Waals surface area contributed by atoms with Crippen LogP contribution < -0.4 is 11.1 Å². The molecule has 2 aliphatic rings. The molecular weight excluding hydrogens is 188 g/mol. The second-order valence-corrected chi connectivity index (χ2v) is 5.20. The van der Waals surface area contributed by atoms with E-state index in [1.165, 1.54) is 38.5 Å². The lowest BCUT2D eigenvalue weighted by Gasteiger charge is -2.21. The highest BCUT2D eigenvalue weighted by Gasteiger charge is 2.43. The minimum absolute atomic E-state index is 0.0123. The van der Waals surface area contributed by atoms with E-state index in [1.807, 2.05) is 0 Å². The third kappa shape index (κ3) is 2.71. The zero-order valence-corrected chi connectivity index (χ0v) is 9.54. The van der Waals surface area contributed by atoms with Gasteiger partial charge in [0.15, 0.2) is 0 Å². The first-order valence-electron chi connectivity index (χ1n) is 6.24. The van der Waals surface area contributed by atoms with Crippen LogP contribution in [-0.4, -0.2) is 18.0 Å². The van der Waals surface area contributed by atoms with Crippen molar-refractivity contribution in [2.24, 2.45) is 17.6 Å². The summed E-state index contributed by atoms with van der Waals surface area (Å²) in [6, 6.07) is 0.0733. The molecule has 0 aromatic rings. The number of carbonyl (C=O) groups excluding carboxylic acids is 1. The minimum Gasteiger partial charge on any atom is -0.352 e. The lowest BCUT2D eigenvalue weighted by Crippen LogP contribution is -2.40. The Labute approximate surface area is 91.8 Å². The monoisotopic (exact) mass is 210 g/mol. The van der Waals surface area contributed by atoms with Crippen molar-refractivity contribution in [1.29, 1.82) is 0 Å². The van der Waals surface area contributed by atoms with Gasteiger partial charge in [-0.2, -0.15) is 0 Å². The Kier molecular flexibility index (Phi) is 3.29. The van der Waals surface area contributed by atoms with Crippen molar-refractivity contribution in [2.75, 3.05) is 0 Å². The van der Waals surface area contributed by atoms with Crippen molar-refractivity contribution in [3.63, 3.8) is 0 Å². The van der Waals surface area contributed by atoms with E-state index in [0.29, 0.717) is 6.04 Å². The van der Waals surface area contributed by atoms with Crippen molar-refractivity contribution in [1.82, 2.24) is 5.32 Å². The molecule has 0 saturated heterocycles. The lowest BCUT2D eigenvalue weighted by molar-refractivity contribution is -0.122. The molecule has 3 N–H and O–H groups in total. The zero-order chi connectivity index (χ0) is 10.8. The fraction of sp³-hybridized carbons (Fsp3) is 0.917. The number of amides is 1. The van der Waals surface area contributed by atoms with E-state index < -0.39 is 0 Å². The number of hydrogen-bond donors (Lipinski definition) is 2. The number of rotatable bonds is 3. The van der Waals surface area contributed by atoms with Gasteiger partial charge < -0.3 is 11.1 Å². The van der Waals surface area contributed by atoms with Crippen LogP contribution in [0.2, 0.25) is 0 Å². The highest BCUT2D eigenvalue weighted by molar-refractivity contribution is 5.81. The maximum absolute atomic E-state index is 11.4. The molecule has 2 rings (SSSR count). The van der Waals surface area contributed by atoms with Crippen LogP contribution in [0.25, 0.3) is 0 Å². The molecule has 0 aromatic heterocycles. The van der Waals surface area contributed by atoms with Gasteiger partial charge in [0.1, 0.15) is 0 Å². The molecule has 0 aromatic carbocycles. The molecule has 2 aliphatic carbocycles. The topological polar surface area (TPSA) is 55.1 Å². The molecule has 0 aliphatic heterocycles. The van der Waals surface area contributed by atoms with Crippen molar-refractivity contribution in [3.8, 4) is 0 Å². The van der Waals surface area contributed by atoms with E-state index in [-0.39, 0.29) is 11.9 Å². The van der Waals surface area contributed by atoms with Gasteiger partial charge in [-0.3, -0.25) is 4.79 Å². The molecule has 3 heteroatoms. The second-order valence-electron chi connectivity index (χ2n) is 5.20. The average Bonchev–Trinajstić information content (AvgIpc) is 2.98. The second kappa shape index (κ2) is 4.52. The average molecular weight is 210 g/mol. The molecule has 2 fully saturated rings. The summed E-state index contributed by atoms with van der Waals surface area (Å²) in [5, 5.41) is 3.04. The van der Waals surface area contributed by atoms with Crippen LogP contribution in [0.5, 0.6) is 0 Å². The first kappa shape index (κ1) is 10.9. The Balaban J connectivity index is 1.73. The SMILES string of the molecule is CC(N)C(=O)NC1CC1C1CCCCC1. The predicted octanol–water partition coefficient (Wildman–Crippen LogP) is 1.42. The maximum atomic E-state index is 11.4. The van der Waals surface area contributed by atoms with Crippen LogP contribution >= 0.6 is 0 Å². The highest BCUT2D eigenvalue weighted by atomic mass is 16.2. The van der Waals surface area contributed by atoms with Crippen molar-refractivity contribution in [2.45, 2.75) is 57.5 Å². The van der Waals surface area contributed by atoms with Crippen LogP contribution in [-0.2, 0) is 4.79 Å². The van der Waals surface area contributed by atoms with E-state index in [2.05, 4.69) is 5.32 Å². The van der Waals surface area contributed by atoms with Gasteiger partial charge in [0.2, 0.25) is 5.91 Å². The summed E-state index contributed by atoms with van der Waals surface area (Å²) in [6.07, 6.45) is 8.10. The Hall–Kier alpha value is -0.570. The Bertz CT molecular complexity index is 234. The van der Waals surface area contributed by atoms with Crippen molar-refractivity contribution >= 4 is 5.91 Å². The van der Waals surface area contributed by atoms with Crippen molar-refractivity contribution in [3.05, 3.63) is 0 Å². The summed E-state index contributed by atoms with van der Waals surface area (Å²) in [5.74, 6) is 1.64. The highest BCUT2D eigenvalue weighted by Crippen LogP contribution is 2.44. The summed E-state index contributed by atoms with van der Waals surface area (Å²) in [4.78, 5) is 11.4. The van der Waals surface area contributed by atoms with Gasteiger partial charge in [0.05, 0.1) is 6.04 Å². The molecule has 2 saturated carbocycles. The zero-order valence-electron chi connectivity index (χ0n) is 9.54. The van der Waals surface area contributed by atoms with Crippen LogP contribution in [0.3, 0.4) is 0 Å². The van der Waals surface area contributed by atoms with Gasteiger partial charge in [-0.05, 0) is 25.2 Å². The fourth-order valence-corrected chi connectivity index (χ4v) is 2.78. The summed E-state index contributed by atoms with van der Waals surface area (Å²) >= 11 is 0. The van der Waals surface area contributed by atoms with Crippen LogP contribution in [0.15, 0.2) is 0 Å². The largest absolute Gasteiger partial charge is 0.352 e. The summed E-state index contributed by atoms with van der Waals surface area (Å²) in [6.45, 7) is 1.74. The molecule has 3 unspecified atom stereocenters. The van der Waals surface area contributed by atoms with Gasteiger partial charge >= 0.3 is 0 Å². The fourth-order valence-electron chi connectivity index (χ4n) is 2.78. The number of nitrogens with one attached hydrogen (secondary N) is 1. The van der Waals surface area contributed by atoms with Gasteiger partial charge in [-0.15, -0.1) is 0 Å². The Morgan fingerprint density at radius 1 is 1.33 bits per heavy atom. The first-order valence-corrected chi connectivity index (χ1v) is 6.24. The molecular formula is C12H22N2O. The molecule has 0 spiro atoms. The third-order valence-electron chi connectivity index (χ3n) is 3.84. The first-order chi connectivity index (χ1) is 7.18. The van der Waals surface area contributed by atoms with Crippen molar-refractivity contribution < 1.29 is 4.79 Å². The molecule has 0 radical (unpaired) electrons. The van der Waals surface area contributed by atoms with E-state index >= 15 is 0 Å². The normalized spacial score (nSPS) is 33.5. The third-order valence-corrected chi connectivity index (χ3v) is 3.84. The molecule has 15 heavy (non-hydrogen) atoms. The van der Waals surface area contributed by atoms with Gasteiger partial charge in [-0.25, -0.2) is 0 Å². The van der Waals surface area contributed by atoms with E-state index in [1.54, 1.807) is 6.92 Å². The molecule has 86 valence electrons. The smallest absolute Gasteiger partial charge is 0.236 e. The number of hydrogen-bond acceptors (Lipinski definition) is 2. The summed E-state index contributed by atoms with van der Waals surface area (Å²) in [5.41, 5.74) is 5.52. The predicted molar refractivity (Wildman–Crippen MR) is 60.3 cm³/mol. The van der Waals surface area contributed by atoms with Crippen LogP contribution in [0.4, 0.5) is 0 Å². The van der Waals surface area contributed by atoms with Crippen LogP contribution in [0.1, 0.15) is 45.4 Å². The summed E-state index contributed by atoms with van der Waals surface area (Å²) < 4.78 is 0. The maximum Gasteiger partial charge on any atom is 0.236 e. The summed E-state index contributed by atoms with van der Waals surface area (Å²) in [7, 11) is 0. The van der Waals surface area contributed by atoms with Gasteiger partial charge in [-0.1, -0.05) is 32.1 Å². The lowest BCUT2D eigenvalue weighted by atomic mass is 9.85. The Morgan fingerprint density at radius 3 is 2.60 bits per heavy atom. The Morgan fingerprint density at radius 2 is 2.00 bits per heavy atom. The molecule has 0 bridgehead atoms. The molecule has 3 nitrogen and oxygen atoms in total. The standard InChI is InChI=1S/C12H22N2O/c1-8(13)12(15)14-11-7-10(11)9-5-3-2-4-6-9/h8-11H,2-7,13H2,1H3,(H,14,15). The van der Waals surface area contributed by atoms with Crippen LogP contribution in [0, 0.1) is 11.8 Å². The van der Waals surface area contributed by atoms with Gasteiger partial charge in [0, 0.05) is 6.04 Å². The van der Waals surface area contributed by atoms with E-state index in [0.717, 1.165) is 11.8 Å². The van der Waals surface area contributed by atoms with E-state index in [9.17, 15) is 4.79 Å². The molecule has 1 amide bonds. The minimum atomic E-state index is -0.363. The molecule has 0 heterocycles. The van der Waals surface area contributed by atoms with Gasteiger partial charge in [0.25, 0.3) is 0 Å². The number of nitrogens with two attached hydrogens (primary N) is 1. The molecule has 3 atom stereocenters. The number of carbonyl (C=O) groups is 1. The van der Waals surface area contributed by atoms with E-state index in [4.69, 9.17) is 5.73 Å². The quantitative estimate of drug-likeness (QED) is 0.740.